The van der Waals surface area contributed by atoms with Crippen molar-refractivity contribution in [2.45, 2.75) is 50.0 Å². The van der Waals surface area contributed by atoms with Gasteiger partial charge in [-0.3, -0.25) is 4.79 Å². The number of rotatable bonds is 8. The number of allylic oxidation sites excluding steroid dienone is 1. The molecule has 1 aliphatic rings. The summed E-state index contributed by atoms with van der Waals surface area (Å²) in [5.41, 5.74) is 1.72. The topological polar surface area (TPSA) is 64.6 Å². The van der Waals surface area contributed by atoms with Gasteiger partial charge in [0, 0.05) is 11.4 Å². The number of benzene rings is 1. The summed E-state index contributed by atoms with van der Waals surface area (Å²) in [5.74, 6) is -0.403. The lowest BCUT2D eigenvalue weighted by Crippen LogP contribution is -2.36. The molecule has 0 radical (unpaired) electrons. The van der Waals surface area contributed by atoms with Gasteiger partial charge in [0.1, 0.15) is 11.3 Å². The Labute approximate surface area is 159 Å². The van der Waals surface area contributed by atoms with Gasteiger partial charge in [0.15, 0.2) is 6.10 Å². The van der Waals surface area contributed by atoms with Crippen LogP contribution in [0.3, 0.4) is 0 Å². The molecule has 1 aromatic rings. The zero-order valence-electron chi connectivity index (χ0n) is 15.7. The molecule has 26 heavy (non-hydrogen) atoms. The first-order valence-corrected chi connectivity index (χ1v) is 10.2. The Balaban J connectivity index is 1.85. The highest BCUT2D eigenvalue weighted by atomic mass is 32.2. The molecule has 6 heteroatoms. The van der Waals surface area contributed by atoms with Crippen LogP contribution in [0.1, 0.15) is 49.4 Å². The number of ether oxygens (including phenoxy) is 2. The van der Waals surface area contributed by atoms with E-state index in [9.17, 15) is 9.59 Å². The molecule has 0 saturated heterocycles. The van der Waals surface area contributed by atoms with E-state index in [-0.39, 0.29) is 5.91 Å². The van der Waals surface area contributed by atoms with E-state index < -0.39 is 12.1 Å². The fourth-order valence-electron chi connectivity index (χ4n) is 2.87. The van der Waals surface area contributed by atoms with Crippen molar-refractivity contribution in [1.82, 2.24) is 5.32 Å². The van der Waals surface area contributed by atoms with Gasteiger partial charge in [-0.2, -0.15) is 0 Å². The molecular formula is C20H27NO4S. The highest BCUT2D eigenvalue weighted by Crippen LogP contribution is 2.26. The van der Waals surface area contributed by atoms with E-state index in [0.717, 1.165) is 24.2 Å². The Morgan fingerprint density at radius 3 is 2.77 bits per heavy atom. The normalized spacial score (nSPS) is 15.0. The Morgan fingerprint density at radius 1 is 1.31 bits per heavy atom. The minimum absolute atomic E-state index is 0.283. The molecule has 0 bridgehead atoms. The van der Waals surface area contributed by atoms with Gasteiger partial charge in [0.25, 0.3) is 5.91 Å². The maximum absolute atomic E-state index is 12.4. The zero-order valence-corrected chi connectivity index (χ0v) is 16.5. The van der Waals surface area contributed by atoms with E-state index in [4.69, 9.17) is 9.47 Å². The van der Waals surface area contributed by atoms with Crippen LogP contribution >= 0.6 is 11.8 Å². The van der Waals surface area contributed by atoms with Gasteiger partial charge in [-0.1, -0.05) is 11.6 Å². The van der Waals surface area contributed by atoms with Crippen molar-refractivity contribution in [2.24, 2.45) is 0 Å². The monoisotopic (exact) mass is 377 g/mol. The van der Waals surface area contributed by atoms with E-state index in [1.807, 2.05) is 12.3 Å². The van der Waals surface area contributed by atoms with Crippen LogP contribution in [0, 0.1) is 0 Å². The first kappa shape index (κ1) is 20.4. The minimum Gasteiger partial charge on any atom is -0.496 e. The number of carbonyl (C=O) groups is 2. The third kappa shape index (κ3) is 5.80. The summed E-state index contributed by atoms with van der Waals surface area (Å²) >= 11 is 1.56. The highest BCUT2D eigenvalue weighted by Gasteiger charge is 2.21. The van der Waals surface area contributed by atoms with Crippen LogP contribution in [0.15, 0.2) is 34.7 Å². The number of methoxy groups -OCH3 is 1. The van der Waals surface area contributed by atoms with E-state index >= 15 is 0 Å². The van der Waals surface area contributed by atoms with Crippen LogP contribution < -0.4 is 10.1 Å². The fourth-order valence-corrected chi connectivity index (χ4v) is 3.30. The molecule has 1 N–H and O–H groups in total. The van der Waals surface area contributed by atoms with E-state index in [1.165, 1.54) is 25.5 Å². The average Bonchev–Trinajstić information content (AvgIpc) is 2.67. The molecule has 5 nitrogen and oxygen atoms in total. The van der Waals surface area contributed by atoms with Crippen LogP contribution in [-0.4, -0.2) is 37.9 Å². The first-order chi connectivity index (χ1) is 12.5. The van der Waals surface area contributed by atoms with Crippen molar-refractivity contribution in [3.8, 4) is 5.75 Å². The van der Waals surface area contributed by atoms with Crippen molar-refractivity contribution >= 4 is 23.6 Å². The molecule has 0 aliphatic heterocycles. The third-order valence-corrected chi connectivity index (χ3v) is 5.14. The lowest BCUT2D eigenvalue weighted by Gasteiger charge is -2.16. The minimum atomic E-state index is -0.854. The van der Waals surface area contributed by atoms with Crippen LogP contribution in [-0.2, 0) is 9.53 Å². The SMILES string of the molecule is COc1cc(SC)ccc1C(=O)O[C@H](C)C(=O)NCCC1=CCCCC1. The van der Waals surface area contributed by atoms with Gasteiger partial charge < -0.3 is 14.8 Å². The number of hydrogen-bond donors (Lipinski definition) is 1. The van der Waals surface area contributed by atoms with E-state index in [0.29, 0.717) is 17.9 Å². The van der Waals surface area contributed by atoms with Gasteiger partial charge in [-0.15, -0.1) is 11.8 Å². The van der Waals surface area contributed by atoms with E-state index in [2.05, 4.69) is 11.4 Å². The van der Waals surface area contributed by atoms with Gasteiger partial charge in [-0.05, 0) is 63.5 Å². The maximum atomic E-state index is 12.4. The summed E-state index contributed by atoms with van der Waals surface area (Å²) in [5, 5.41) is 2.84. The molecule has 142 valence electrons. The number of amides is 1. The Bertz CT molecular complexity index is 672. The molecule has 0 spiro atoms. The second-order valence-corrected chi connectivity index (χ2v) is 7.14. The third-order valence-electron chi connectivity index (χ3n) is 4.41. The van der Waals surface area contributed by atoms with Gasteiger partial charge in [0.05, 0.1) is 7.11 Å². The number of thioether (sulfide) groups is 1. The highest BCUT2D eigenvalue weighted by molar-refractivity contribution is 7.98. The van der Waals surface area contributed by atoms with Crippen molar-refractivity contribution in [3.05, 3.63) is 35.4 Å². The number of nitrogens with one attached hydrogen (secondary N) is 1. The van der Waals surface area contributed by atoms with Crippen molar-refractivity contribution in [2.75, 3.05) is 19.9 Å². The maximum Gasteiger partial charge on any atom is 0.342 e. The quantitative estimate of drug-likeness (QED) is 0.422. The summed E-state index contributed by atoms with van der Waals surface area (Å²) in [7, 11) is 1.51. The molecule has 1 atom stereocenters. The van der Waals surface area contributed by atoms with Crippen LogP contribution in [0.2, 0.25) is 0 Å². The van der Waals surface area contributed by atoms with Crippen LogP contribution in [0.4, 0.5) is 0 Å². The standard InChI is InChI=1S/C20H27NO4S/c1-14(19(22)21-12-11-15-7-5-4-6-8-15)25-20(23)17-10-9-16(26-3)13-18(17)24-2/h7,9-10,13-14H,4-6,8,11-12H2,1-3H3,(H,21,22)/t14-/m1/s1. The van der Waals surface area contributed by atoms with Gasteiger partial charge in [-0.25, -0.2) is 4.79 Å². The lowest BCUT2D eigenvalue weighted by molar-refractivity contribution is -0.129. The van der Waals surface area contributed by atoms with Crippen LogP contribution in [0.25, 0.3) is 0 Å². The molecule has 1 amide bonds. The zero-order chi connectivity index (χ0) is 18.9. The van der Waals surface area contributed by atoms with Crippen molar-refractivity contribution < 1.29 is 19.1 Å². The number of hydrogen-bond acceptors (Lipinski definition) is 5. The number of carbonyl (C=O) groups excluding carboxylic acids is 2. The first-order valence-electron chi connectivity index (χ1n) is 8.93. The number of esters is 1. The van der Waals surface area contributed by atoms with Crippen LogP contribution in [0.5, 0.6) is 5.75 Å². The molecule has 1 aliphatic carbocycles. The smallest absolute Gasteiger partial charge is 0.342 e. The molecule has 0 heterocycles. The summed E-state index contributed by atoms with van der Waals surface area (Å²) in [6, 6.07) is 5.27. The second-order valence-electron chi connectivity index (χ2n) is 6.26. The molecule has 2 rings (SSSR count). The molecule has 0 aromatic heterocycles. The molecular weight excluding hydrogens is 350 g/mol. The average molecular weight is 378 g/mol. The van der Waals surface area contributed by atoms with Gasteiger partial charge >= 0.3 is 5.97 Å². The molecule has 0 fully saturated rings. The molecule has 1 aromatic carbocycles. The molecule has 0 saturated carbocycles. The summed E-state index contributed by atoms with van der Waals surface area (Å²) in [6.45, 7) is 2.15. The fraction of sp³-hybridized carbons (Fsp3) is 0.500. The second kappa shape index (κ2) is 10.3. The Morgan fingerprint density at radius 2 is 2.12 bits per heavy atom. The predicted octanol–water partition coefficient (Wildman–Crippen LogP) is 3.97. The Kier molecular flexibility index (Phi) is 8.04. The summed E-state index contributed by atoms with van der Waals surface area (Å²) in [4.78, 5) is 25.5. The van der Waals surface area contributed by atoms with E-state index in [1.54, 1.807) is 30.8 Å². The largest absolute Gasteiger partial charge is 0.496 e. The predicted molar refractivity (Wildman–Crippen MR) is 104 cm³/mol. The van der Waals surface area contributed by atoms with Crippen molar-refractivity contribution in [3.63, 3.8) is 0 Å². The summed E-state index contributed by atoms with van der Waals surface area (Å²) in [6.07, 6.45) is 8.95. The lowest BCUT2D eigenvalue weighted by atomic mass is 9.97. The summed E-state index contributed by atoms with van der Waals surface area (Å²) < 4.78 is 10.6. The Hall–Kier alpha value is -1.95. The van der Waals surface area contributed by atoms with Gasteiger partial charge in [0.2, 0.25) is 0 Å². The molecule has 0 unspecified atom stereocenters. The van der Waals surface area contributed by atoms with Crippen molar-refractivity contribution in [1.29, 1.82) is 0 Å².